The van der Waals surface area contributed by atoms with Crippen LogP contribution in [-0.2, 0) is 4.84 Å². The van der Waals surface area contributed by atoms with Gasteiger partial charge in [0.1, 0.15) is 5.75 Å². The zero-order chi connectivity index (χ0) is 13.9. The molecule has 5 heteroatoms. The number of aromatic nitrogens is 1. The summed E-state index contributed by atoms with van der Waals surface area (Å²) in [6.07, 6.45) is 3.09. The molecule has 102 valence electrons. The summed E-state index contributed by atoms with van der Waals surface area (Å²) >= 11 is 0. The number of aryl methyl sites for hydroxylation is 1. The van der Waals surface area contributed by atoms with Crippen LogP contribution >= 0.6 is 0 Å². The molecule has 0 fully saturated rings. The van der Waals surface area contributed by atoms with E-state index >= 15 is 0 Å². The van der Waals surface area contributed by atoms with Gasteiger partial charge in [-0.2, -0.15) is 0 Å². The van der Waals surface area contributed by atoms with Gasteiger partial charge < -0.3 is 4.74 Å². The molecule has 1 unspecified atom stereocenters. The fourth-order valence-corrected chi connectivity index (χ4v) is 2.05. The van der Waals surface area contributed by atoms with Crippen LogP contribution < -0.4 is 10.2 Å². The molecule has 0 saturated heterocycles. The van der Waals surface area contributed by atoms with E-state index in [0.29, 0.717) is 5.84 Å². The third kappa shape index (κ3) is 2.35. The SMILES string of the molecule is COc1cc(C2N=C(c3cccnc3)NO2)ccc1C. The highest BCUT2D eigenvalue weighted by Gasteiger charge is 2.21. The van der Waals surface area contributed by atoms with Crippen LogP contribution in [0.2, 0.25) is 0 Å². The molecule has 1 aromatic heterocycles. The molecule has 2 aromatic rings. The second kappa shape index (κ2) is 5.30. The molecule has 5 nitrogen and oxygen atoms in total. The lowest BCUT2D eigenvalue weighted by Gasteiger charge is -2.10. The molecule has 1 N–H and O–H groups in total. The van der Waals surface area contributed by atoms with Crippen molar-refractivity contribution in [3.8, 4) is 5.75 Å². The number of amidine groups is 1. The Labute approximate surface area is 117 Å². The third-order valence-electron chi connectivity index (χ3n) is 3.17. The number of nitrogens with one attached hydrogen (secondary N) is 1. The van der Waals surface area contributed by atoms with Crippen molar-refractivity contribution in [2.75, 3.05) is 7.11 Å². The number of benzene rings is 1. The van der Waals surface area contributed by atoms with E-state index in [1.807, 2.05) is 37.3 Å². The zero-order valence-electron chi connectivity index (χ0n) is 11.3. The molecule has 2 heterocycles. The second-order valence-corrected chi connectivity index (χ2v) is 4.52. The Morgan fingerprint density at radius 3 is 2.95 bits per heavy atom. The number of hydrogen-bond acceptors (Lipinski definition) is 5. The average molecular weight is 269 g/mol. The highest BCUT2D eigenvalue weighted by molar-refractivity contribution is 5.98. The van der Waals surface area contributed by atoms with Crippen molar-refractivity contribution in [1.29, 1.82) is 0 Å². The Bertz CT molecular complexity index is 641. The number of ether oxygens (including phenoxy) is 1. The lowest BCUT2D eigenvalue weighted by atomic mass is 10.1. The molecule has 20 heavy (non-hydrogen) atoms. The molecule has 0 bridgehead atoms. The molecular formula is C15H15N3O2. The third-order valence-corrected chi connectivity index (χ3v) is 3.17. The maximum atomic E-state index is 5.51. The summed E-state index contributed by atoms with van der Waals surface area (Å²) in [6, 6.07) is 9.72. The fraction of sp³-hybridized carbons (Fsp3) is 0.200. The van der Waals surface area contributed by atoms with Crippen molar-refractivity contribution >= 4 is 5.84 Å². The Balaban J connectivity index is 1.88. The molecule has 1 aliphatic heterocycles. The Hall–Kier alpha value is -2.40. The maximum absolute atomic E-state index is 5.51. The van der Waals surface area contributed by atoms with Crippen LogP contribution in [0.25, 0.3) is 0 Å². The van der Waals surface area contributed by atoms with Crippen LogP contribution in [0.3, 0.4) is 0 Å². The van der Waals surface area contributed by atoms with Gasteiger partial charge in [-0.1, -0.05) is 12.1 Å². The maximum Gasteiger partial charge on any atom is 0.202 e. The quantitative estimate of drug-likeness (QED) is 0.929. The van der Waals surface area contributed by atoms with Crippen LogP contribution in [-0.4, -0.2) is 17.9 Å². The first kappa shape index (κ1) is 12.6. The number of methoxy groups -OCH3 is 1. The number of hydrogen-bond donors (Lipinski definition) is 1. The number of pyridine rings is 1. The lowest BCUT2D eigenvalue weighted by Crippen LogP contribution is -2.18. The van der Waals surface area contributed by atoms with E-state index in [-0.39, 0.29) is 6.23 Å². The predicted octanol–water partition coefficient (Wildman–Crippen LogP) is 2.38. The number of aliphatic imine (C=N–C) groups is 1. The van der Waals surface area contributed by atoms with E-state index in [1.54, 1.807) is 19.5 Å². The van der Waals surface area contributed by atoms with Crippen molar-refractivity contribution in [3.63, 3.8) is 0 Å². The molecule has 3 rings (SSSR count). The van der Waals surface area contributed by atoms with Crippen LogP contribution in [0, 0.1) is 6.92 Å². The van der Waals surface area contributed by atoms with Gasteiger partial charge in [0.15, 0.2) is 5.84 Å². The first-order chi connectivity index (χ1) is 9.78. The topological polar surface area (TPSA) is 55.7 Å². The van der Waals surface area contributed by atoms with Gasteiger partial charge in [-0.25, -0.2) is 15.3 Å². The highest BCUT2D eigenvalue weighted by atomic mass is 16.7. The monoisotopic (exact) mass is 269 g/mol. The normalized spacial score (nSPS) is 17.5. The summed E-state index contributed by atoms with van der Waals surface area (Å²) in [7, 11) is 1.66. The van der Waals surface area contributed by atoms with E-state index in [2.05, 4.69) is 15.5 Å². The molecule has 0 radical (unpaired) electrons. The van der Waals surface area contributed by atoms with Crippen LogP contribution in [0.15, 0.2) is 47.7 Å². The lowest BCUT2D eigenvalue weighted by molar-refractivity contribution is 0.0375. The van der Waals surface area contributed by atoms with Crippen LogP contribution in [0.4, 0.5) is 0 Å². The van der Waals surface area contributed by atoms with Crippen molar-refractivity contribution < 1.29 is 9.57 Å². The van der Waals surface area contributed by atoms with Gasteiger partial charge in [-0.05, 0) is 30.7 Å². The number of hydroxylamine groups is 1. The van der Waals surface area contributed by atoms with Gasteiger partial charge in [-0.15, -0.1) is 0 Å². The van der Waals surface area contributed by atoms with Crippen molar-refractivity contribution in [1.82, 2.24) is 10.5 Å². The van der Waals surface area contributed by atoms with Gasteiger partial charge in [0.25, 0.3) is 0 Å². The smallest absolute Gasteiger partial charge is 0.202 e. The predicted molar refractivity (Wildman–Crippen MR) is 75.5 cm³/mol. The average Bonchev–Trinajstić information content (AvgIpc) is 2.98. The van der Waals surface area contributed by atoms with Crippen molar-refractivity contribution in [2.24, 2.45) is 4.99 Å². The van der Waals surface area contributed by atoms with Gasteiger partial charge in [0.05, 0.1) is 7.11 Å². The van der Waals surface area contributed by atoms with Crippen LogP contribution in [0.1, 0.15) is 22.9 Å². The zero-order valence-corrected chi connectivity index (χ0v) is 11.3. The van der Waals surface area contributed by atoms with E-state index in [1.165, 1.54) is 0 Å². The van der Waals surface area contributed by atoms with Gasteiger partial charge in [-0.3, -0.25) is 4.98 Å². The van der Waals surface area contributed by atoms with E-state index < -0.39 is 0 Å². The summed E-state index contributed by atoms with van der Waals surface area (Å²) in [5, 5.41) is 0. The highest BCUT2D eigenvalue weighted by Crippen LogP contribution is 2.28. The minimum atomic E-state index is -0.375. The largest absolute Gasteiger partial charge is 0.496 e. The Morgan fingerprint density at radius 1 is 1.30 bits per heavy atom. The molecule has 0 aliphatic carbocycles. The number of rotatable bonds is 3. The van der Waals surface area contributed by atoms with Crippen molar-refractivity contribution in [3.05, 3.63) is 59.4 Å². The summed E-state index contributed by atoms with van der Waals surface area (Å²) in [5.74, 6) is 1.51. The first-order valence-electron chi connectivity index (χ1n) is 6.32. The van der Waals surface area contributed by atoms with Crippen molar-refractivity contribution in [2.45, 2.75) is 13.2 Å². The van der Waals surface area contributed by atoms with Gasteiger partial charge in [0, 0.05) is 23.5 Å². The molecule has 1 aliphatic rings. The van der Waals surface area contributed by atoms with E-state index in [4.69, 9.17) is 9.57 Å². The van der Waals surface area contributed by atoms with E-state index in [9.17, 15) is 0 Å². The standard InChI is InChI=1S/C15H15N3O2/c1-10-5-6-11(8-13(10)19-2)15-17-14(18-20-15)12-4-3-7-16-9-12/h3-9,15H,1-2H3,(H,17,18). The Morgan fingerprint density at radius 2 is 2.20 bits per heavy atom. The van der Waals surface area contributed by atoms with Gasteiger partial charge in [0.2, 0.25) is 6.23 Å². The Kier molecular flexibility index (Phi) is 3.35. The number of nitrogens with zero attached hydrogens (tertiary/aromatic N) is 2. The minimum absolute atomic E-state index is 0.375. The summed E-state index contributed by atoms with van der Waals surface area (Å²) < 4.78 is 5.32. The molecule has 0 spiro atoms. The van der Waals surface area contributed by atoms with Crippen LogP contribution in [0.5, 0.6) is 5.75 Å². The van der Waals surface area contributed by atoms with E-state index in [0.717, 1.165) is 22.4 Å². The molecule has 0 amide bonds. The molecule has 1 aromatic carbocycles. The second-order valence-electron chi connectivity index (χ2n) is 4.52. The van der Waals surface area contributed by atoms with Gasteiger partial charge >= 0.3 is 0 Å². The minimum Gasteiger partial charge on any atom is -0.496 e. The summed E-state index contributed by atoms with van der Waals surface area (Å²) in [5.41, 5.74) is 5.77. The first-order valence-corrected chi connectivity index (χ1v) is 6.32. The molecule has 1 atom stereocenters. The summed E-state index contributed by atoms with van der Waals surface area (Å²) in [4.78, 5) is 14.1. The summed E-state index contributed by atoms with van der Waals surface area (Å²) in [6.45, 7) is 2.00. The fourth-order valence-electron chi connectivity index (χ4n) is 2.05. The molecule has 0 saturated carbocycles. The molecular weight excluding hydrogens is 254 g/mol.